The Labute approximate surface area is 162 Å². The van der Waals surface area contributed by atoms with Crippen molar-refractivity contribution in [3.05, 3.63) is 41.5 Å². The Hall–Kier alpha value is -2.64. The van der Waals surface area contributed by atoms with Gasteiger partial charge < -0.3 is 24.8 Å². The van der Waals surface area contributed by atoms with Crippen LogP contribution in [0.25, 0.3) is 6.08 Å². The molecule has 1 aliphatic heterocycles. The molecule has 1 aromatic rings. The predicted molar refractivity (Wildman–Crippen MR) is 101 cm³/mol. The molecule has 3 rings (SSSR count). The summed E-state index contributed by atoms with van der Waals surface area (Å²) in [6.07, 6.45) is 4.84. The molecule has 0 spiro atoms. The van der Waals surface area contributed by atoms with Crippen molar-refractivity contribution in [1.82, 2.24) is 0 Å². The first-order valence-corrected chi connectivity index (χ1v) is 9.27. The molecule has 1 fully saturated rings. The average molecular weight is 388 g/mol. The SMILES string of the molecule is COc1cc(O)c2c(c1)/C=C/C[C@H](O)[C@H](O)C(=O)/C=C\[C@H]1CCCC1OC2=O. The van der Waals surface area contributed by atoms with E-state index in [2.05, 4.69) is 0 Å². The zero-order valence-electron chi connectivity index (χ0n) is 15.6. The number of esters is 1. The Balaban J connectivity index is 2.03. The van der Waals surface area contributed by atoms with E-state index in [1.54, 1.807) is 12.1 Å². The lowest BCUT2D eigenvalue weighted by Crippen LogP contribution is -2.32. The van der Waals surface area contributed by atoms with Crippen molar-refractivity contribution in [2.75, 3.05) is 7.11 Å². The number of phenols is 1. The smallest absolute Gasteiger partial charge is 0.342 e. The Bertz CT molecular complexity index is 811. The van der Waals surface area contributed by atoms with Crippen LogP contribution in [0, 0.1) is 5.92 Å². The minimum absolute atomic E-state index is 0.00912. The van der Waals surface area contributed by atoms with Gasteiger partial charge in [0.25, 0.3) is 0 Å². The zero-order chi connectivity index (χ0) is 20.3. The molecule has 150 valence electrons. The number of benzene rings is 1. The van der Waals surface area contributed by atoms with Crippen molar-refractivity contribution < 1.29 is 34.4 Å². The molecule has 1 aromatic carbocycles. The summed E-state index contributed by atoms with van der Waals surface area (Å²) in [4.78, 5) is 24.9. The predicted octanol–water partition coefficient (Wildman–Crippen LogP) is 1.99. The van der Waals surface area contributed by atoms with Gasteiger partial charge in [-0.15, -0.1) is 0 Å². The van der Waals surface area contributed by atoms with Gasteiger partial charge in [0, 0.05) is 12.0 Å². The summed E-state index contributed by atoms with van der Waals surface area (Å²) in [6.45, 7) is 0. The highest BCUT2D eigenvalue weighted by Gasteiger charge is 2.31. The molecule has 1 aliphatic carbocycles. The lowest BCUT2D eigenvalue weighted by molar-refractivity contribution is -0.127. The minimum Gasteiger partial charge on any atom is -0.507 e. The number of aromatic hydroxyl groups is 1. The second-order valence-corrected chi connectivity index (χ2v) is 7.06. The van der Waals surface area contributed by atoms with Gasteiger partial charge in [-0.2, -0.15) is 0 Å². The molecule has 0 amide bonds. The number of aliphatic hydroxyl groups is 2. The van der Waals surface area contributed by atoms with E-state index in [0.29, 0.717) is 17.7 Å². The average Bonchev–Trinajstić information content (AvgIpc) is 3.10. The van der Waals surface area contributed by atoms with Crippen molar-refractivity contribution in [3.8, 4) is 11.5 Å². The third-order valence-electron chi connectivity index (χ3n) is 5.16. The van der Waals surface area contributed by atoms with Crippen molar-refractivity contribution in [3.63, 3.8) is 0 Å². The summed E-state index contributed by atoms with van der Waals surface area (Å²) < 4.78 is 10.8. The quantitative estimate of drug-likeness (QED) is 0.631. The van der Waals surface area contributed by atoms with Gasteiger partial charge in [0.05, 0.1) is 13.2 Å². The van der Waals surface area contributed by atoms with Crippen LogP contribution in [0.4, 0.5) is 0 Å². The summed E-state index contributed by atoms with van der Waals surface area (Å²) in [5.41, 5.74) is 0.367. The van der Waals surface area contributed by atoms with Gasteiger partial charge >= 0.3 is 5.97 Å². The molecule has 0 saturated heterocycles. The van der Waals surface area contributed by atoms with E-state index in [-0.39, 0.29) is 23.7 Å². The fourth-order valence-corrected chi connectivity index (χ4v) is 3.58. The third-order valence-corrected chi connectivity index (χ3v) is 5.16. The lowest BCUT2D eigenvalue weighted by Gasteiger charge is -2.20. The number of phenolic OH excluding ortho intramolecular Hbond substituents is 1. The van der Waals surface area contributed by atoms with Crippen LogP contribution in [0.3, 0.4) is 0 Å². The largest absolute Gasteiger partial charge is 0.507 e. The first-order chi connectivity index (χ1) is 13.4. The fraction of sp³-hybridized carbons (Fsp3) is 0.429. The van der Waals surface area contributed by atoms with Crippen LogP contribution in [0.1, 0.15) is 41.6 Å². The van der Waals surface area contributed by atoms with E-state index >= 15 is 0 Å². The van der Waals surface area contributed by atoms with E-state index in [1.165, 1.54) is 31.4 Å². The maximum atomic E-state index is 12.8. The number of hydrogen-bond acceptors (Lipinski definition) is 7. The first-order valence-electron chi connectivity index (χ1n) is 9.27. The maximum absolute atomic E-state index is 12.8. The number of carbonyl (C=O) groups is 2. The molecule has 7 nitrogen and oxygen atoms in total. The van der Waals surface area contributed by atoms with Crippen LogP contribution in [0.2, 0.25) is 0 Å². The summed E-state index contributed by atoms with van der Waals surface area (Å²) in [6, 6.07) is 2.90. The Morgan fingerprint density at radius 3 is 2.68 bits per heavy atom. The molecule has 0 bridgehead atoms. The number of ketones is 1. The zero-order valence-corrected chi connectivity index (χ0v) is 15.6. The molecule has 28 heavy (non-hydrogen) atoms. The molecule has 1 saturated carbocycles. The summed E-state index contributed by atoms with van der Waals surface area (Å²) in [5, 5.41) is 30.5. The van der Waals surface area contributed by atoms with Gasteiger partial charge in [0.15, 0.2) is 5.78 Å². The number of rotatable bonds is 1. The van der Waals surface area contributed by atoms with Gasteiger partial charge in [0.1, 0.15) is 29.3 Å². The summed E-state index contributed by atoms with van der Waals surface area (Å²) in [5.74, 6) is -1.33. The molecule has 1 heterocycles. The fourth-order valence-electron chi connectivity index (χ4n) is 3.58. The van der Waals surface area contributed by atoms with Gasteiger partial charge in [-0.1, -0.05) is 18.2 Å². The monoisotopic (exact) mass is 388 g/mol. The van der Waals surface area contributed by atoms with E-state index in [4.69, 9.17) is 9.47 Å². The molecule has 0 radical (unpaired) electrons. The van der Waals surface area contributed by atoms with Gasteiger partial charge in [-0.25, -0.2) is 4.79 Å². The molecule has 4 atom stereocenters. The van der Waals surface area contributed by atoms with Crippen LogP contribution in [-0.2, 0) is 9.53 Å². The second kappa shape index (κ2) is 8.58. The number of carbonyl (C=O) groups excluding carboxylic acids is 2. The Morgan fingerprint density at radius 2 is 1.93 bits per heavy atom. The summed E-state index contributed by atoms with van der Waals surface area (Å²) >= 11 is 0. The van der Waals surface area contributed by atoms with Gasteiger partial charge in [-0.3, -0.25) is 4.79 Å². The molecule has 7 heteroatoms. The topological polar surface area (TPSA) is 113 Å². The van der Waals surface area contributed by atoms with Crippen LogP contribution < -0.4 is 4.74 Å². The van der Waals surface area contributed by atoms with E-state index < -0.39 is 30.1 Å². The van der Waals surface area contributed by atoms with Crippen LogP contribution in [0.15, 0.2) is 30.4 Å². The first kappa shape index (κ1) is 20.1. The molecule has 2 aliphatic rings. The van der Waals surface area contributed by atoms with Gasteiger partial charge in [0.2, 0.25) is 0 Å². The Kier molecular flexibility index (Phi) is 6.16. The molecular weight excluding hydrogens is 364 g/mol. The van der Waals surface area contributed by atoms with E-state index in [9.17, 15) is 24.9 Å². The normalized spacial score (nSPS) is 30.5. The number of methoxy groups -OCH3 is 1. The van der Waals surface area contributed by atoms with Crippen LogP contribution in [-0.4, -0.2) is 52.5 Å². The Morgan fingerprint density at radius 1 is 1.14 bits per heavy atom. The number of fused-ring (bicyclic) bond motifs is 2. The molecule has 0 aromatic heterocycles. The number of hydrogen-bond donors (Lipinski definition) is 3. The maximum Gasteiger partial charge on any atom is 0.342 e. The van der Waals surface area contributed by atoms with Crippen LogP contribution >= 0.6 is 0 Å². The second-order valence-electron chi connectivity index (χ2n) is 7.06. The third kappa shape index (κ3) is 4.26. The van der Waals surface area contributed by atoms with E-state index in [1.807, 2.05) is 0 Å². The van der Waals surface area contributed by atoms with Crippen molar-refractivity contribution >= 4 is 17.8 Å². The van der Waals surface area contributed by atoms with Crippen LogP contribution in [0.5, 0.6) is 11.5 Å². The highest BCUT2D eigenvalue weighted by molar-refractivity contribution is 5.97. The van der Waals surface area contributed by atoms with E-state index in [0.717, 1.165) is 12.8 Å². The highest BCUT2D eigenvalue weighted by atomic mass is 16.5. The number of ether oxygens (including phenoxy) is 2. The van der Waals surface area contributed by atoms with Crippen molar-refractivity contribution in [2.24, 2.45) is 5.92 Å². The molecule has 1 unspecified atom stereocenters. The molecular formula is C21H24O7. The molecule has 3 N–H and O–H groups in total. The lowest BCUT2D eigenvalue weighted by atomic mass is 9.99. The minimum atomic E-state index is -1.54. The standard InChI is InChI=1S/C21H24O7/c1-27-14-10-13-5-2-6-15(22)20(25)16(23)9-8-12-4-3-7-18(12)28-21(26)19(13)17(24)11-14/h2,5,8-12,15,18,20,22,24-25H,3-4,6-7H2,1H3/b5-2+,9-8-/t12-,15+,18?,20+/m1/s1. The highest BCUT2D eigenvalue weighted by Crippen LogP contribution is 2.34. The number of aliphatic hydroxyl groups excluding tert-OH is 2. The van der Waals surface area contributed by atoms with Gasteiger partial charge in [-0.05, 0) is 43.4 Å². The summed E-state index contributed by atoms with van der Waals surface area (Å²) in [7, 11) is 1.44. The van der Waals surface area contributed by atoms with Crippen molar-refractivity contribution in [1.29, 1.82) is 0 Å². The van der Waals surface area contributed by atoms with Crippen molar-refractivity contribution in [2.45, 2.75) is 44.0 Å².